The second-order valence-corrected chi connectivity index (χ2v) is 10.4. The number of nitrogens with zero attached hydrogens (tertiary/aromatic N) is 4. The molecule has 4 rings (SSSR count). The Balaban J connectivity index is 1.50. The summed E-state index contributed by atoms with van der Waals surface area (Å²) in [5, 5.41) is 3.10. The first-order chi connectivity index (χ1) is 14.8. The van der Waals surface area contributed by atoms with E-state index in [0.29, 0.717) is 43.8 Å². The van der Waals surface area contributed by atoms with Crippen LogP contribution >= 0.6 is 0 Å². The van der Waals surface area contributed by atoms with Crippen molar-refractivity contribution in [3.05, 3.63) is 47.4 Å². The quantitative estimate of drug-likeness (QED) is 0.762. The summed E-state index contributed by atoms with van der Waals surface area (Å²) in [5.74, 6) is 1.75. The van der Waals surface area contributed by atoms with E-state index in [-0.39, 0.29) is 17.7 Å². The van der Waals surface area contributed by atoms with Crippen LogP contribution in [-0.2, 0) is 14.8 Å². The predicted octanol–water partition coefficient (Wildman–Crippen LogP) is 2.34. The number of carbonyl (C=O) groups excluding carboxylic acids is 1. The van der Waals surface area contributed by atoms with Gasteiger partial charge < -0.3 is 10.2 Å². The maximum Gasteiger partial charge on any atom is 0.243 e. The highest BCUT2D eigenvalue weighted by molar-refractivity contribution is 7.89. The molecule has 1 atom stereocenters. The van der Waals surface area contributed by atoms with Gasteiger partial charge in [-0.05, 0) is 31.9 Å². The van der Waals surface area contributed by atoms with Crippen molar-refractivity contribution in [1.29, 1.82) is 0 Å². The minimum atomic E-state index is -3.49. The highest BCUT2D eigenvalue weighted by Crippen LogP contribution is 2.32. The largest absolute Gasteiger partial charge is 0.373 e. The van der Waals surface area contributed by atoms with Gasteiger partial charge in [0.2, 0.25) is 15.9 Å². The summed E-state index contributed by atoms with van der Waals surface area (Å²) in [6.07, 6.45) is 1.80. The average molecular weight is 444 g/mol. The molecule has 0 unspecified atom stereocenters. The number of piperidine rings is 1. The molecule has 2 fully saturated rings. The van der Waals surface area contributed by atoms with E-state index in [1.165, 1.54) is 0 Å². The van der Waals surface area contributed by atoms with Crippen LogP contribution in [0.2, 0.25) is 0 Å². The van der Waals surface area contributed by atoms with Gasteiger partial charge in [0.25, 0.3) is 0 Å². The van der Waals surface area contributed by atoms with Gasteiger partial charge in [-0.15, -0.1) is 0 Å². The number of nitrogens with one attached hydrogen (secondary N) is 1. The standard InChI is InChI=1S/C22H29N5O3S/c1-15-4-6-18(7-5-15)31(29,30)27-10-8-16(9-11-27)22-24-19(13-20(23-2)25-22)17-12-21(28)26(3)14-17/h4-7,13,16-17H,8-12,14H2,1-3H3,(H,23,24,25)/t17-/m1/s1. The molecule has 0 saturated carbocycles. The molecule has 1 amide bonds. The molecular weight excluding hydrogens is 414 g/mol. The number of hydrogen-bond acceptors (Lipinski definition) is 6. The van der Waals surface area contributed by atoms with Gasteiger partial charge in [-0.25, -0.2) is 18.4 Å². The number of aryl methyl sites for hydroxylation is 1. The lowest BCUT2D eigenvalue weighted by Gasteiger charge is -2.31. The summed E-state index contributed by atoms with van der Waals surface area (Å²) in [6, 6.07) is 8.90. The Morgan fingerprint density at radius 2 is 1.74 bits per heavy atom. The minimum absolute atomic E-state index is 0.0633. The highest BCUT2D eigenvalue weighted by Gasteiger charge is 2.33. The van der Waals surface area contributed by atoms with Crippen LogP contribution in [0.25, 0.3) is 0 Å². The van der Waals surface area contributed by atoms with Crippen LogP contribution in [0.4, 0.5) is 5.82 Å². The van der Waals surface area contributed by atoms with Crippen molar-refractivity contribution < 1.29 is 13.2 Å². The zero-order valence-electron chi connectivity index (χ0n) is 18.2. The lowest BCUT2D eigenvalue weighted by atomic mass is 9.96. The van der Waals surface area contributed by atoms with E-state index in [4.69, 9.17) is 4.98 Å². The van der Waals surface area contributed by atoms with E-state index in [1.807, 2.05) is 39.2 Å². The van der Waals surface area contributed by atoms with E-state index in [0.717, 1.165) is 22.9 Å². The molecule has 2 saturated heterocycles. The normalized spacial score (nSPS) is 20.9. The fraction of sp³-hybridized carbons (Fsp3) is 0.500. The molecule has 0 aliphatic carbocycles. The van der Waals surface area contributed by atoms with E-state index in [9.17, 15) is 13.2 Å². The number of aromatic nitrogens is 2. The molecule has 0 radical (unpaired) electrons. The Morgan fingerprint density at radius 3 is 2.32 bits per heavy atom. The van der Waals surface area contributed by atoms with Crippen molar-refractivity contribution in [1.82, 2.24) is 19.2 Å². The third kappa shape index (κ3) is 4.43. The molecule has 166 valence electrons. The van der Waals surface area contributed by atoms with Gasteiger partial charge in [-0.2, -0.15) is 4.31 Å². The summed E-state index contributed by atoms with van der Waals surface area (Å²) in [6.45, 7) is 3.47. The van der Waals surface area contributed by atoms with Crippen molar-refractivity contribution in [3.63, 3.8) is 0 Å². The lowest BCUT2D eigenvalue weighted by molar-refractivity contribution is -0.126. The van der Waals surface area contributed by atoms with Crippen LogP contribution in [0.1, 0.15) is 48.2 Å². The fourth-order valence-electron chi connectivity index (χ4n) is 4.28. The molecule has 2 aliphatic heterocycles. The molecule has 2 aliphatic rings. The Hall–Kier alpha value is -2.52. The first-order valence-corrected chi connectivity index (χ1v) is 12.1. The summed E-state index contributed by atoms with van der Waals surface area (Å²) < 4.78 is 27.5. The molecule has 0 spiro atoms. The molecule has 1 aromatic heterocycles. The number of sulfonamides is 1. The van der Waals surface area contributed by atoms with Gasteiger partial charge in [0, 0.05) is 58.1 Å². The second-order valence-electron chi connectivity index (χ2n) is 8.45. The van der Waals surface area contributed by atoms with Gasteiger partial charge in [0.15, 0.2) is 0 Å². The Labute approximate surface area is 183 Å². The lowest BCUT2D eigenvalue weighted by Crippen LogP contribution is -2.38. The van der Waals surface area contributed by atoms with Gasteiger partial charge in [0.1, 0.15) is 11.6 Å². The Bertz CT molecular complexity index is 1060. The van der Waals surface area contributed by atoms with Crippen LogP contribution in [0.3, 0.4) is 0 Å². The number of amides is 1. The van der Waals surface area contributed by atoms with Crippen molar-refractivity contribution in [2.24, 2.45) is 0 Å². The van der Waals surface area contributed by atoms with Gasteiger partial charge >= 0.3 is 0 Å². The SMILES string of the molecule is CNc1cc([C@@H]2CC(=O)N(C)C2)nc(C2CCN(S(=O)(=O)c3ccc(C)cc3)CC2)n1. The number of rotatable bonds is 5. The summed E-state index contributed by atoms with van der Waals surface area (Å²) in [4.78, 5) is 23.5. The predicted molar refractivity (Wildman–Crippen MR) is 118 cm³/mol. The average Bonchev–Trinajstić information content (AvgIpc) is 3.12. The van der Waals surface area contributed by atoms with Crippen molar-refractivity contribution >= 4 is 21.7 Å². The van der Waals surface area contributed by atoms with Crippen molar-refractivity contribution in [3.8, 4) is 0 Å². The third-order valence-corrected chi connectivity index (χ3v) is 8.17. The van der Waals surface area contributed by atoms with Crippen LogP contribution in [0, 0.1) is 6.92 Å². The van der Waals surface area contributed by atoms with E-state index in [2.05, 4.69) is 10.3 Å². The molecule has 1 aromatic carbocycles. The number of anilines is 1. The monoisotopic (exact) mass is 443 g/mol. The first kappa shape index (κ1) is 21.7. The first-order valence-electron chi connectivity index (χ1n) is 10.7. The van der Waals surface area contributed by atoms with Crippen molar-refractivity contribution in [2.75, 3.05) is 39.0 Å². The summed E-state index contributed by atoms with van der Waals surface area (Å²) in [7, 11) is 0.138. The highest BCUT2D eigenvalue weighted by atomic mass is 32.2. The number of likely N-dealkylation sites (tertiary alicyclic amines) is 1. The number of carbonyl (C=O) groups is 1. The van der Waals surface area contributed by atoms with Crippen LogP contribution in [0.15, 0.2) is 35.2 Å². The Morgan fingerprint density at radius 1 is 1.06 bits per heavy atom. The third-order valence-electron chi connectivity index (χ3n) is 6.26. The molecular formula is C22H29N5O3S. The summed E-state index contributed by atoms with van der Waals surface area (Å²) in [5.41, 5.74) is 1.91. The van der Waals surface area contributed by atoms with Gasteiger partial charge in [-0.1, -0.05) is 17.7 Å². The maximum atomic E-state index is 13.0. The second kappa shape index (κ2) is 8.55. The van der Waals surface area contributed by atoms with Crippen LogP contribution in [0.5, 0.6) is 0 Å². The molecule has 3 heterocycles. The molecule has 2 aromatic rings. The van der Waals surface area contributed by atoms with Gasteiger partial charge in [-0.3, -0.25) is 4.79 Å². The van der Waals surface area contributed by atoms with Gasteiger partial charge in [0.05, 0.1) is 10.6 Å². The fourth-order valence-corrected chi connectivity index (χ4v) is 5.75. The maximum absolute atomic E-state index is 13.0. The number of likely N-dealkylation sites (N-methyl/N-ethyl adjacent to an activating group) is 1. The summed E-state index contributed by atoms with van der Waals surface area (Å²) >= 11 is 0. The minimum Gasteiger partial charge on any atom is -0.373 e. The smallest absolute Gasteiger partial charge is 0.243 e. The number of hydrogen-bond donors (Lipinski definition) is 1. The van der Waals surface area contributed by atoms with Crippen LogP contribution < -0.4 is 5.32 Å². The molecule has 0 bridgehead atoms. The van der Waals surface area contributed by atoms with Crippen molar-refractivity contribution in [2.45, 2.75) is 42.9 Å². The van der Waals surface area contributed by atoms with E-state index in [1.54, 1.807) is 21.3 Å². The molecule has 9 heteroatoms. The Kier molecular flexibility index (Phi) is 5.98. The van der Waals surface area contributed by atoms with E-state index < -0.39 is 10.0 Å². The molecule has 8 nitrogen and oxygen atoms in total. The van der Waals surface area contributed by atoms with E-state index >= 15 is 0 Å². The zero-order chi connectivity index (χ0) is 22.2. The number of benzene rings is 1. The zero-order valence-corrected chi connectivity index (χ0v) is 19.0. The molecule has 1 N–H and O–H groups in total. The molecule has 31 heavy (non-hydrogen) atoms. The van der Waals surface area contributed by atoms with Crippen LogP contribution in [-0.4, -0.2) is 67.2 Å². The topological polar surface area (TPSA) is 95.5 Å².